The number of allylic oxidation sites excluding steroid dienone is 1. The summed E-state index contributed by atoms with van der Waals surface area (Å²) in [5, 5.41) is 17.1. The van der Waals surface area contributed by atoms with E-state index in [9.17, 15) is 0 Å². The molecule has 19 heavy (non-hydrogen) atoms. The summed E-state index contributed by atoms with van der Waals surface area (Å²) in [6.07, 6.45) is 19.8. The van der Waals surface area contributed by atoms with Crippen LogP contribution in [0.25, 0.3) is 0 Å². The van der Waals surface area contributed by atoms with Gasteiger partial charge in [0, 0.05) is 0 Å². The Morgan fingerprint density at radius 3 is 1.37 bits per heavy atom. The molecule has 0 unspecified atom stereocenters. The lowest BCUT2D eigenvalue weighted by atomic mass is 10.0. The number of unbranched alkanes of at least 4 members (excludes halogenated alkanes) is 13. The summed E-state index contributed by atoms with van der Waals surface area (Å²) in [5.74, 6) is -0.529. The number of rotatable bonds is 14. The maximum Gasteiger partial charge on any atom is 0.269 e. The predicted molar refractivity (Wildman–Crippen MR) is 83.7 cm³/mol. The van der Waals surface area contributed by atoms with E-state index in [4.69, 9.17) is 10.2 Å². The fraction of sp³-hybridized carbons (Fsp3) is 0.882. The smallest absolute Gasteiger partial charge is 0.269 e. The molecule has 0 rings (SSSR count). The van der Waals surface area contributed by atoms with Gasteiger partial charge < -0.3 is 10.2 Å². The van der Waals surface area contributed by atoms with Gasteiger partial charge >= 0.3 is 0 Å². The van der Waals surface area contributed by atoms with Crippen LogP contribution in [0.4, 0.5) is 0 Å². The minimum atomic E-state index is -0.529. The Morgan fingerprint density at radius 2 is 1.00 bits per heavy atom. The number of hydrogen-bond acceptors (Lipinski definition) is 2. The molecule has 0 aliphatic carbocycles. The van der Waals surface area contributed by atoms with Gasteiger partial charge in [-0.05, 0) is 18.9 Å². The van der Waals surface area contributed by atoms with Crippen LogP contribution in [0.5, 0.6) is 0 Å². The zero-order valence-electron chi connectivity index (χ0n) is 12.9. The summed E-state index contributed by atoms with van der Waals surface area (Å²) in [4.78, 5) is 0. The van der Waals surface area contributed by atoms with Gasteiger partial charge in [0.25, 0.3) is 5.95 Å². The van der Waals surface area contributed by atoms with Crippen molar-refractivity contribution < 1.29 is 10.2 Å². The van der Waals surface area contributed by atoms with Crippen LogP contribution in [0.2, 0.25) is 0 Å². The maximum absolute atomic E-state index is 8.56. The van der Waals surface area contributed by atoms with Crippen LogP contribution < -0.4 is 0 Å². The third-order valence-electron chi connectivity index (χ3n) is 3.63. The van der Waals surface area contributed by atoms with Gasteiger partial charge in [0.05, 0.1) is 0 Å². The van der Waals surface area contributed by atoms with E-state index >= 15 is 0 Å². The van der Waals surface area contributed by atoms with Crippen LogP contribution in [0.3, 0.4) is 0 Å². The van der Waals surface area contributed by atoms with E-state index in [-0.39, 0.29) is 0 Å². The maximum atomic E-state index is 8.56. The molecule has 0 aliphatic heterocycles. The van der Waals surface area contributed by atoms with E-state index in [0.29, 0.717) is 0 Å². The third kappa shape index (κ3) is 17.3. The predicted octanol–water partition coefficient (Wildman–Crippen LogP) is 6.43. The van der Waals surface area contributed by atoms with Gasteiger partial charge in [-0.2, -0.15) is 0 Å². The first-order chi connectivity index (χ1) is 9.27. The quantitative estimate of drug-likeness (QED) is 0.282. The highest BCUT2D eigenvalue weighted by Crippen LogP contribution is 2.13. The first kappa shape index (κ1) is 18.3. The molecule has 0 saturated heterocycles. The lowest BCUT2D eigenvalue weighted by Crippen LogP contribution is -1.83. The molecule has 0 spiro atoms. The van der Waals surface area contributed by atoms with Crippen molar-refractivity contribution in [1.29, 1.82) is 0 Å². The third-order valence-corrected chi connectivity index (χ3v) is 3.63. The SMILES string of the molecule is CCCCCCCCCCCCCCCC=C(O)O. The zero-order chi connectivity index (χ0) is 14.2. The molecule has 0 atom stereocenters. The van der Waals surface area contributed by atoms with Crippen molar-refractivity contribution in [3.05, 3.63) is 12.0 Å². The molecular weight excluding hydrogens is 236 g/mol. The lowest BCUT2D eigenvalue weighted by Gasteiger charge is -2.02. The normalized spacial score (nSPS) is 10.6. The van der Waals surface area contributed by atoms with Crippen LogP contribution >= 0.6 is 0 Å². The van der Waals surface area contributed by atoms with Crippen LogP contribution in [0.15, 0.2) is 12.0 Å². The second-order valence-electron chi connectivity index (χ2n) is 5.59. The Morgan fingerprint density at radius 1 is 0.632 bits per heavy atom. The monoisotopic (exact) mass is 270 g/mol. The van der Waals surface area contributed by atoms with Crippen LogP contribution in [0, 0.1) is 0 Å². The standard InChI is InChI=1S/C17H34O2/c1-2-3-4-5-6-7-8-9-10-11-12-13-14-15-16-17(18)19/h16,18-19H,2-15H2,1H3. The van der Waals surface area contributed by atoms with Crippen molar-refractivity contribution in [2.45, 2.75) is 96.8 Å². The Hall–Kier alpha value is -0.660. The molecule has 0 aliphatic rings. The minimum Gasteiger partial charge on any atom is -0.481 e. The zero-order valence-corrected chi connectivity index (χ0v) is 12.9. The van der Waals surface area contributed by atoms with Crippen molar-refractivity contribution in [3.63, 3.8) is 0 Å². The first-order valence-electron chi connectivity index (χ1n) is 8.35. The molecule has 0 saturated carbocycles. The molecule has 0 aromatic heterocycles. The van der Waals surface area contributed by atoms with Gasteiger partial charge in [-0.25, -0.2) is 0 Å². The molecule has 0 radical (unpaired) electrons. The molecule has 0 aromatic carbocycles. The van der Waals surface area contributed by atoms with Crippen molar-refractivity contribution in [2.75, 3.05) is 0 Å². The van der Waals surface area contributed by atoms with Crippen LogP contribution in [0.1, 0.15) is 96.8 Å². The topological polar surface area (TPSA) is 40.5 Å². The van der Waals surface area contributed by atoms with E-state index < -0.39 is 5.95 Å². The van der Waals surface area contributed by atoms with Crippen LogP contribution in [-0.4, -0.2) is 10.2 Å². The molecule has 0 bridgehead atoms. The molecule has 0 heterocycles. The van der Waals surface area contributed by atoms with Gasteiger partial charge in [0.1, 0.15) is 0 Å². The summed E-state index contributed by atoms with van der Waals surface area (Å²) in [6.45, 7) is 2.27. The highest BCUT2D eigenvalue weighted by Gasteiger charge is 1.93. The van der Waals surface area contributed by atoms with Gasteiger partial charge in [0.2, 0.25) is 0 Å². The van der Waals surface area contributed by atoms with E-state index in [0.717, 1.165) is 12.8 Å². The fourth-order valence-corrected chi connectivity index (χ4v) is 2.39. The lowest BCUT2D eigenvalue weighted by molar-refractivity contribution is 0.189. The minimum absolute atomic E-state index is 0.529. The van der Waals surface area contributed by atoms with Gasteiger partial charge in [-0.3, -0.25) is 0 Å². The fourth-order valence-electron chi connectivity index (χ4n) is 2.39. The Labute approximate surface area is 119 Å². The number of aliphatic hydroxyl groups is 2. The van der Waals surface area contributed by atoms with E-state index in [1.807, 2.05) is 0 Å². The summed E-state index contributed by atoms with van der Waals surface area (Å²) >= 11 is 0. The van der Waals surface area contributed by atoms with Crippen molar-refractivity contribution in [2.24, 2.45) is 0 Å². The summed E-state index contributed by atoms with van der Waals surface area (Å²) in [6, 6.07) is 0. The molecule has 0 fully saturated rings. The summed E-state index contributed by atoms with van der Waals surface area (Å²) in [5.41, 5.74) is 0. The van der Waals surface area contributed by atoms with Crippen LogP contribution in [-0.2, 0) is 0 Å². The highest BCUT2D eigenvalue weighted by molar-refractivity contribution is 4.78. The second-order valence-corrected chi connectivity index (χ2v) is 5.59. The van der Waals surface area contributed by atoms with Crippen molar-refractivity contribution in [1.82, 2.24) is 0 Å². The summed E-state index contributed by atoms with van der Waals surface area (Å²) < 4.78 is 0. The Kier molecular flexibility index (Phi) is 14.9. The Balaban J connectivity index is 2.97. The van der Waals surface area contributed by atoms with E-state index in [1.165, 1.54) is 83.1 Å². The molecule has 2 heteroatoms. The molecule has 114 valence electrons. The van der Waals surface area contributed by atoms with E-state index in [1.54, 1.807) is 0 Å². The average molecular weight is 270 g/mol. The molecule has 2 nitrogen and oxygen atoms in total. The van der Waals surface area contributed by atoms with E-state index in [2.05, 4.69) is 6.92 Å². The van der Waals surface area contributed by atoms with Gasteiger partial charge in [-0.1, -0.05) is 84.0 Å². The highest BCUT2D eigenvalue weighted by atomic mass is 16.5. The van der Waals surface area contributed by atoms with Gasteiger partial charge in [-0.15, -0.1) is 0 Å². The average Bonchev–Trinajstić information content (AvgIpc) is 2.39. The Bertz CT molecular complexity index is 195. The largest absolute Gasteiger partial charge is 0.481 e. The molecule has 0 amide bonds. The number of aliphatic hydroxyl groups excluding tert-OH is 1. The van der Waals surface area contributed by atoms with Crippen molar-refractivity contribution in [3.8, 4) is 0 Å². The molecule has 2 N–H and O–H groups in total. The summed E-state index contributed by atoms with van der Waals surface area (Å²) in [7, 11) is 0. The van der Waals surface area contributed by atoms with Gasteiger partial charge in [0.15, 0.2) is 0 Å². The molecule has 0 aromatic rings. The molecular formula is C17H34O2. The van der Waals surface area contributed by atoms with Crippen molar-refractivity contribution >= 4 is 0 Å². The second kappa shape index (κ2) is 15.4. The first-order valence-corrected chi connectivity index (χ1v) is 8.35. The number of hydrogen-bond donors (Lipinski definition) is 2.